The van der Waals surface area contributed by atoms with Crippen molar-refractivity contribution in [1.29, 1.82) is 0 Å². The molecule has 0 aromatic heterocycles. The van der Waals surface area contributed by atoms with Gasteiger partial charge in [-0.15, -0.1) is 0 Å². The highest BCUT2D eigenvalue weighted by Gasteiger charge is 2.11. The zero-order chi connectivity index (χ0) is 15.9. The fourth-order valence-electron chi connectivity index (χ4n) is 2.41. The van der Waals surface area contributed by atoms with E-state index in [0.29, 0.717) is 5.92 Å². The molecule has 2 nitrogen and oxygen atoms in total. The van der Waals surface area contributed by atoms with Crippen molar-refractivity contribution >= 4 is 0 Å². The van der Waals surface area contributed by atoms with Gasteiger partial charge < -0.3 is 10.1 Å². The molecule has 2 aromatic rings. The highest BCUT2D eigenvalue weighted by Crippen LogP contribution is 2.25. The Labute approximate surface area is 134 Å². The fraction of sp³-hybridized carbons (Fsp3) is 0.400. The number of hydrogen-bond donors (Lipinski definition) is 1. The van der Waals surface area contributed by atoms with Crippen LogP contribution in [-0.4, -0.2) is 6.61 Å². The maximum Gasteiger partial charge on any atom is 0.124 e. The minimum Gasteiger partial charge on any atom is -0.493 e. The summed E-state index contributed by atoms with van der Waals surface area (Å²) in [6.07, 6.45) is 0. The largest absolute Gasteiger partial charge is 0.493 e. The van der Waals surface area contributed by atoms with Crippen molar-refractivity contribution in [2.45, 2.75) is 40.3 Å². The monoisotopic (exact) mass is 297 g/mol. The molecule has 2 rings (SSSR count). The highest BCUT2D eigenvalue weighted by atomic mass is 16.5. The van der Waals surface area contributed by atoms with Crippen LogP contribution in [0.25, 0.3) is 0 Å². The Morgan fingerprint density at radius 1 is 0.955 bits per heavy atom. The molecule has 0 aliphatic carbocycles. The van der Waals surface area contributed by atoms with Crippen molar-refractivity contribution in [2.75, 3.05) is 6.61 Å². The molecule has 0 saturated carbocycles. The third-order valence-electron chi connectivity index (χ3n) is 3.82. The van der Waals surface area contributed by atoms with Gasteiger partial charge in [0.1, 0.15) is 5.75 Å². The average molecular weight is 297 g/mol. The van der Waals surface area contributed by atoms with E-state index in [1.807, 2.05) is 6.07 Å². The van der Waals surface area contributed by atoms with E-state index in [1.54, 1.807) is 0 Å². The molecule has 2 heteroatoms. The number of rotatable bonds is 7. The van der Waals surface area contributed by atoms with Gasteiger partial charge in [-0.25, -0.2) is 0 Å². The summed E-state index contributed by atoms with van der Waals surface area (Å²) in [4.78, 5) is 0. The van der Waals surface area contributed by atoms with E-state index < -0.39 is 0 Å². The van der Waals surface area contributed by atoms with E-state index in [-0.39, 0.29) is 6.04 Å². The van der Waals surface area contributed by atoms with Crippen LogP contribution in [0.1, 0.15) is 43.5 Å². The first kappa shape index (κ1) is 16.6. The summed E-state index contributed by atoms with van der Waals surface area (Å²) in [5, 5.41) is 3.60. The maximum atomic E-state index is 5.96. The van der Waals surface area contributed by atoms with Gasteiger partial charge in [-0.05, 0) is 37.0 Å². The van der Waals surface area contributed by atoms with E-state index in [2.05, 4.69) is 75.5 Å². The lowest BCUT2D eigenvalue weighted by molar-refractivity contribution is 0.266. The lowest BCUT2D eigenvalue weighted by Gasteiger charge is -2.19. The van der Waals surface area contributed by atoms with Crippen LogP contribution in [0.5, 0.6) is 5.75 Å². The molecule has 1 unspecified atom stereocenters. The predicted octanol–water partition coefficient (Wildman–Crippen LogP) is 4.88. The normalized spacial score (nSPS) is 12.4. The summed E-state index contributed by atoms with van der Waals surface area (Å²) in [7, 11) is 0. The fourth-order valence-corrected chi connectivity index (χ4v) is 2.41. The van der Waals surface area contributed by atoms with E-state index in [0.717, 1.165) is 18.9 Å². The van der Waals surface area contributed by atoms with Crippen molar-refractivity contribution in [3.63, 3.8) is 0 Å². The number of para-hydroxylation sites is 1. The van der Waals surface area contributed by atoms with Crippen molar-refractivity contribution in [3.8, 4) is 5.75 Å². The Morgan fingerprint density at radius 2 is 1.64 bits per heavy atom. The molecular weight excluding hydrogens is 270 g/mol. The minimum absolute atomic E-state index is 0.253. The van der Waals surface area contributed by atoms with Gasteiger partial charge >= 0.3 is 0 Å². The predicted molar refractivity (Wildman–Crippen MR) is 93.2 cm³/mol. The molecule has 0 aliphatic rings. The van der Waals surface area contributed by atoms with Crippen LogP contribution >= 0.6 is 0 Å². The van der Waals surface area contributed by atoms with Crippen molar-refractivity contribution < 1.29 is 4.74 Å². The zero-order valence-corrected chi connectivity index (χ0v) is 14.1. The molecule has 0 fully saturated rings. The Balaban J connectivity index is 2.03. The molecule has 0 amide bonds. The third-order valence-corrected chi connectivity index (χ3v) is 3.82. The van der Waals surface area contributed by atoms with Crippen LogP contribution in [0.15, 0.2) is 48.5 Å². The summed E-state index contributed by atoms with van der Waals surface area (Å²) in [6.45, 7) is 10.3. The minimum atomic E-state index is 0.253. The summed E-state index contributed by atoms with van der Waals surface area (Å²) in [5.74, 6) is 1.52. The van der Waals surface area contributed by atoms with Crippen molar-refractivity contribution in [3.05, 3.63) is 65.2 Å². The lowest BCUT2D eigenvalue weighted by atomic mass is 10.1. The molecule has 0 saturated heterocycles. The zero-order valence-electron chi connectivity index (χ0n) is 14.1. The molecule has 0 aliphatic heterocycles. The van der Waals surface area contributed by atoms with Gasteiger partial charge in [-0.2, -0.15) is 0 Å². The van der Waals surface area contributed by atoms with Crippen LogP contribution in [0, 0.1) is 12.8 Å². The number of nitrogens with one attached hydrogen (secondary N) is 1. The van der Waals surface area contributed by atoms with E-state index in [9.17, 15) is 0 Å². The molecule has 22 heavy (non-hydrogen) atoms. The quantitative estimate of drug-likeness (QED) is 0.786. The molecule has 2 aromatic carbocycles. The Kier molecular flexibility index (Phi) is 6.02. The first-order valence-corrected chi connectivity index (χ1v) is 8.07. The van der Waals surface area contributed by atoms with Gasteiger partial charge in [0.05, 0.1) is 6.61 Å². The highest BCUT2D eigenvalue weighted by molar-refractivity contribution is 5.36. The summed E-state index contributed by atoms with van der Waals surface area (Å²) < 4.78 is 5.96. The molecule has 118 valence electrons. The second-order valence-corrected chi connectivity index (χ2v) is 6.27. The standard InChI is InChI=1S/C20H27NO/c1-15(2)14-22-20-12-8-7-11-19(20)17(4)21-13-18-10-6-5-9-16(18)3/h5-12,15,17,21H,13-14H2,1-4H3. The summed E-state index contributed by atoms with van der Waals surface area (Å²) >= 11 is 0. The van der Waals surface area contributed by atoms with E-state index in [4.69, 9.17) is 4.74 Å². The Hall–Kier alpha value is -1.80. The molecular formula is C20H27NO. The van der Waals surface area contributed by atoms with E-state index >= 15 is 0 Å². The van der Waals surface area contributed by atoms with Gasteiger partial charge in [0, 0.05) is 18.2 Å². The van der Waals surface area contributed by atoms with Crippen molar-refractivity contribution in [2.24, 2.45) is 5.92 Å². The number of hydrogen-bond acceptors (Lipinski definition) is 2. The van der Waals surface area contributed by atoms with Gasteiger partial charge in [0.15, 0.2) is 0 Å². The van der Waals surface area contributed by atoms with Gasteiger partial charge in [-0.1, -0.05) is 56.3 Å². The Morgan fingerprint density at radius 3 is 2.36 bits per heavy atom. The van der Waals surface area contributed by atoms with Gasteiger partial charge in [0.25, 0.3) is 0 Å². The maximum absolute atomic E-state index is 5.96. The van der Waals surface area contributed by atoms with Crippen LogP contribution in [0.3, 0.4) is 0 Å². The molecule has 0 bridgehead atoms. The first-order chi connectivity index (χ1) is 10.6. The molecule has 0 radical (unpaired) electrons. The SMILES string of the molecule is Cc1ccccc1CNC(C)c1ccccc1OCC(C)C. The summed E-state index contributed by atoms with van der Waals surface area (Å²) in [5.41, 5.74) is 3.89. The second kappa shape index (κ2) is 8.00. The first-order valence-electron chi connectivity index (χ1n) is 8.07. The van der Waals surface area contributed by atoms with Crippen molar-refractivity contribution in [1.82, 2.24) is 5.32 Å². The molecule has 1 atom stereocenters. The van der Waals surface area contributed by atoms with Gasteiger partial charge in [-0.3, -0.25) is 0 Å². The smallest absolute Gasteiger partial charge is 0.124 e. The number of aryl methyl sites for hydroxylation is 1. The second-order valence-electron chi connectivity index (χ2n) is 6.27. The topological polar surface area (TPSA) is 21.3 Å². The average Bonchev–Trinajstić information content (AvgIpc) is 2.52. The third kappa shape index (κ3) is 4.60. The Bertz CT molecular complexity index is 592. The van der Waals surface area contributed by atoms with Crippen LogP contribution in [-0.2, 0) is 6.54 Å². The number of ether oxygens (including phenoxy) is 1. The summed E-state index contributed by atoms with van der Waals surface area (Å²) in [6, 6.07) is 17.1. The van der Waals surface area contributed by atoms with E-state index in [1.165, 1.54) is 16.7 Å². The molecule has 0 spiro atoms. The van der Waals surface area contributed by atoms with Crippen LogP contribution in [0.2, 0.25) is 0 Å². The number of benzene rings is 2. The molecule has 1 N–H and O–H groups in total. The van der Waals surface area contributed by atoms with Gasteiger partial charge in [0.2, 0.25) is 0 Å². The lowest BCUT2D eigenvalue weighted by Crippen LogP contribution is -2.19. The van der Waals surface area contributed by atoms with Crippen LogP contribution in [0.4, 0.5) is 0 Å². The molecule has 0 heterocycles. The van der Waals surface area contributed by atoms with Crippen LogP contribution < -0.4 is 10.1 Å².